The molecule has 0 bridgehead atoms. The van der Waals surface area contributed by atoms with Crippen LogP contribution in [0.5, 0.6) is 0 Å². The summed E-state index contributed by atoms with van der Waals surface area (Å²) < 4.78 is 0. The molecule has 1 aromatic rings. The Morgan fingerprint density at radius 3 is 2.37 bits per heavy atom. The molecule has 4 nitrogen and oxygen atoms in total. The van der Waals surface area contributed by atoms with E-state index in [1.807, 2.05) is 39.0 Å². The van der Waals surface area contributed by atoms with E-state index < -0.39 is 12.0 Å². The van der Waals surface area contributed by atoms with Crippen molar-refractivity contribution < 1.29 is 14.7 Å². The van der Waals surface area contributed by atoms with Crippen LogP contribution >= 0.6 is 0 Å². The van der Waals surface area contributed by atoms with Gasteiger partial charge < -0.3 is 10.4 Å². The third-order valence-electron chi connectivity index (χ3n) is 2.84. The van der Waals surface area contributed by atoms with E-state index in [-0.39, 0.29) is 17.7 Å². The Morgan fingerprint density at radius 2 is 1.84 bits per heavy atom. The quantitative estimate of drug-likeness (QED) is 0.877. The Balaban J connectivity index is 2.92. The largest absolute Gasteiger partial charge is 0.481 e. The van der Waals surface area contributed by atoms with Crippen molar-refractivity contribution in [2.24, 2.45) is 0 Å². The third kappa shape index (κ3) is 4.39. The van der Waals surface area contributed by atoms with E-state index in [1.165, 1.54) is 0 Å². The van der Waals surface area contributed by atoms with E-state index in [0.717, 1.165) is 5.56 Å². The Kier molecular flexibility index (Phi) is 4.70. The molecule has 19 heavy (non-hydrogen) atoms. The number of carboxylic acid groups (broad SMARTS) is 1. The molecule has 0 fully saturated rings. The molecule has 0 aromatic heterocycles. The SMILES string of the molecule is CC(CC(=O)O)NC(=O)c1ccccc1C(C)(C)C. The highest BCUT2D eigenvalue weighted by atomic mass is 16.4. The van der Waals surface area contributed by atoms with Crippen molar-refractivity contribution >= 4 is 11.9 Å². The minimum absolute atomic E-state index is 0.0799. The number of rotatable bonds is 4. The molecule has 1 unspecified atom stereocenters. The van der Waals surface area contributed by atoms with Gasteiger partial charge in [-0.3, -0.25) is 9.59 Å². The summed E-state index contributed by atoms with van der Waals surface area (Å²) in [5.41, 5.74) is 1.42. The number of hydrogen-bond donors (Lipinski definition) is 2. The van der Waals surface area contributed by atoms with Crippen LogP contribution < -0.4 is 5.32 Å². The van der Waals surface area contributed by atoms with Gasteiger partial charge in [-0.15, -0.1) is 0 Å². The van der Waals surface area contributed by atoms with Crippen LogP contribution in [0.4, 0.5) is 0 Å². The average Bonchev–Trinajstić information content (AvgIpc) is 2.26. The lowest BCUT2D eigenvalue weighted by molar-refractivity contribution is -0.137. The molecule has 104 valence electrons. The normalized spacial score (nSPS) is 12.8. The first-order chi connectivity index (χ1) is 8.71. The molecule has 0 spiro atoms. The van der Waals surface area contributed by atoms with Gasteiger partial charge in [-0.05, 0) is 24.0 Å². The van der Waals surface area contributed by atoms with E-state index in [2.05, 4.69) is 5.32 Å². The number of carbonyl (C=O) groups excluding carboxylic acids is 1. The maximum atomic E-state index is 12.2. The molecule has 0 saturated heterocycles. The lowest BCUT2D eigenvalue weighted by Crippen LogP contribution is -2.35. The number of carboxylic acids is 1. The molecule has 0 aliphatic carbocycles. The van der Waals surface area contributed by atoms with Crippen LogP contribution in [0, 0.1) is 0 Å². The van der Waals surface area contributed by atoms with E-state index >= 15 is 0 Å². The number of aliphatic carboxylic acids is 1. The third-order valence-corrected chi connectivity index (χ3v) is 2.84. The first kappa shape index (κ1) is 15.2. The number of amides is 1. The lowest BCUT2D eigenvalue weighted by Gasteiger charge is -2.23. The molecule has 1 amide bonds. The molecule has 4 heteroatoms. The first-order valence-corrected chi connectivity index (χ1v) is 6.34. The lowest BCUT2D eigenvalue weighted by atomic mass is 9.83. The van der Waals surface area contributed by atoms with Crippen molar-refractivity contribution in [1.29, 1.82) is 0 Å². The molecule has 2 N–H and O–H groups in total. The van der Waals surface area contributed by atoms with E-state index in [1.54, 1.807) is 13.0 Å². The summed E-state index contributed by atoms with van der Waals surface area (Å²) in [6.45, 7) is 7.81. The van der Waals surface area contributed by atoms with Gasteiger partial charge in [0.05, 0.1) is 6.42 Å². The van der Waals surface area contributed by atoms with Crippen molar-refractivity contribution in [3.63, 3.8) is 0 Å². The van der Waals surface area contributed by atoms with Crippen LogP contribution in [0.15, 0.2) is 24.3 Å². The maximum absolute atomic E-state index is 12.2. The summed E-state index contributed by atoms with van der Waals surface area (Å²) in [5.74, 6) is -1.14. The Labute approximate surface area is 113 Å². The van der Waals surface area contributed by atoms with Gasteiger partial charge in [-0.2, -0.15) is 0 Å². The van der Waals surface area contributed by atoms with Crippen LogP contribution in [-0.4, -0.2) is 23.0 Å². The summed E-state index contributed by atoms with van der Waals surface area (Å²) in [4.78, 5) is 22.8. The minimum atomic E-state index is -0.920. The molecule has 0 heterocycles. The average molecular weight is 263 g/mol. The summed E-state index contributed by atoms with van der Waals surface area (Å²) >= 11 is 0. The van der Waals surface area contributed by atoms with Crippen LogP contribution in [0.2, 0.25) is 0 Å². The predicted molar refractivity (Wildman–Crippen MR) is 74.3 cm³/mol. The van der Waals surface area contributed by atoms with Crippen molar-refractivity contribution in [3.05, 3.63) is 35.4 Å². The summed E-state index contributed by atoms with van der Waals surface area (Å²) in [7, 11) is 0. The Hall–Kier alpha value is -1.84. The van der Waals surface area contributed by atoms with Crippen LogP contribution in [0.25, 0.3) is 0 Å². The number of nitrogens with one attached hydrogen (secondary N) is 1. The van der Waals surface area contributed by atoms with Crippen molar-refractivity contribution in [1.82, 2.24) is 5.32 Å². The van der Waals surface area contributed by atoms with Crippen molar-refractivity contribution in [3.8, 4) is 0 Å². The minimum Gasteiger partial charge on any atom is -0.481 e. The van der Waals surface area contributed by atoms with Gasteiger partial charge in [0.15, 0.2) is 0 Å². The second-order valence-corrected chi connectivity index (χ2v) is 5.77. The van der Waals surface area contributed by atoms with E-state index in [4.69, 9.17) is 5.11 Å². The zero-order valence-electron chi connectivity index (χ0n) is 11.9. The molecular formula is C15H21NO3. The number of hydrogen-bond acceptors (Lipinski definition) is 2. The van der Waals surface area contributed by atoms with Gasteiger partial charge >= 0.3 is 5.97 Å². The number of carbonyl (C=O) groups is 2. The fourth-order valence-corrected chi connectivity index (χ4v) is 1.95. The molecular weight excluding hydrogens is 242 g/mol. The second-order valence-electron chi connectivity index (χ2n) is 5.77. The Morgan fingerprint density at radius 1 is 1.26 bits per heavy atom. The maximum Gasteiger partial charge on any atom is 0.305 e. The van der Waals surface area contributed by atoms with Crippen molar-refractivity contribution in [2.75, 3.05) is 0 Å². The van der Waals surface area contributed by atoms with Gasteiger partial charge in [0.2, 0.25) is 0 Å². The molecule has 0 aliphatic rings. The summed E-state index contributed by atoms with van der Waals surface area (Å²) in [5, 5.41) is 11.4. The van der Waals surface area contributed by atoms with Gasteiger partial charge in [-0.1, -0.05) is 39.0 Å². The zero-order valence-corrected chi connectivity index (χ0v) is 11.9. The zero-order chi connectivity index (χ0) is 14.6. The molecule has 0 aliphatic heterocycles. The fraction of sp³-hybridized carbons (Fsp3) is 0.467. The van der Waals surface area contributed by atoms with Crippen LogP contribution in [0.1, 0.15) is 50.0 Å². The monoisotopic (exact) mass is 263 g/mol. The van der Waals surface area contributed by atoms with Gasteiger partial charge in [0.25, 0.3) is 5.91 Å². The molecule has 0 saturated carbocycles. The van der Waals surface area contributed by atoms with Gasteiger partial charge in [-0.25, -0.2) is 0 Å². The van der Waals surface area contributed by atoms with Crippen molar-refractivity contribution in [2.45, 2.75) is 45.6 Å². The Bertz CT molecular complexity index is 475. The van der Waals surface area contributed by atoms with Gasteiger partial charge in [0.1, 0.15) is 0 Å². The summed E-state index contributed by atoms with van der Waals surface area (Å²) in [6, 6.07) is 7.02. The molecule has 1 atom stereocenters. The standard InChI is InChI=1S/C15H21NO3/c1-10(9-13(17)18)16-14(19)11-7-5-6-8-12(11)15(2,3)4/h5-8,10H,9H2,1-4H3,(H,16,19)(H,17,18). The van der Waals surface area contributed by atoms with Crippen LogP contribution in [-0.2, 0) is 10.2 Å². The smallest absolute Gasteiger partial charge is 0.305 e. The summed E-state index contributed by atoms with van der Waals surface area (Å²) in [6.07, 6.45) is -0.0799. The highest BCUT2D eigenvalue weighted by Crippen LogP contribution is 2.25. The van der Waals surface area contributed by atoms with Gasteiger partial charge in [0, 0.05) is 11.6 Å². The molecule has 1 rings (SSSR count). The topological polar surface area (TPSA) is 66.4 Å². The first-order valence-electron chi connectivity index (χ1n) is 6.34. The number of benzene rings is 1. The highest BCUT2D eigenvalue weighted by molar-refractivity contribution is 5.96. The van der Waals surface area contributed by atoms with E-state index in [0.29, 0.717) is 5.56 Å². The highest BCUT2D eigenvalue weighted by Gasteiger charge is 2.22. The predicted octanol–water partition coefficient (Wildman–Crippen LogP) is 2.58. The second kappa shape index (κ2) is 5.87. The fourth-order valence-electron chi connectivity index (χ4n) is 1.95. The van der Waals surface area contributed by atoms with E-state index in [9.17, 15) is 9.59 Å². The molecule has 1 aromatic carbocycles. The van der Waals surface area contributed by atoms with Crippen LogP contribution in [0.3, 0.4) is 0 Å². The molecule has 0 radical (unpaired) electrons.